The number of hydrogen-bond acceptors (Lipinski definition) is 5. The first-order valence-corrected chi connectivity index (χ1v) is 11.4. The minimum atomic E-state index is -3.73. The lowest BCUT2D eigenvalue weighted by Crippen LogP contribution is -2.36. The van der Waals surface area contributed by atoms with E-state index in [9.17, 15) is 8.42 Å². The SMILES string of the molecule is COc1ccc2[nH]cc(S(=O)(=O)c3ccc(Cl)c(NC4CCN(C)CC4)c3)c2c1. The molecule has 3 aromatic rings. The van der Waals surface area contributed by atoms with Gasteiger partial charge in [-0.25, -0.2) is 8.42 Å². The fourth-order valence-electron chi connectivity index (χ4n) is 3.71. The quantitative estimate of drug-likeness (QED) is 0.631. The molecule has 1 aliphatic heterocycles. The predicted molar refractivity (Wildman–Crippen MR) is 116 cm³/mol. The largest absolute Gasteiger partial charge is 0.497 e. The molecule has 8 heteroatoms. The zero-order valence-corrected chi connectivity index (χ0v) is 18.0. The van der Waals surface area contributed by atoms with Crippen molar-refractivity contribution in [3.8, 4) is 5.75 Å². The second kappa shape index (κ2) is 7.89. The maximum atomic E-state index is 13.4. The summed E-state index contributed by atoms with van der Waals surface area (Å²) in [7, 11) is -0.0683. The number of nitrogens with zero attached hydrogens (tertiary/aromatic N) is 1. The van der Waals surface area contributed by atoms with Crippen LogP contribution in [0.1, 0.15) is 12.8 Å². The first kappa shape index (κ1) is 20.1. The van der Waals surface area contributed by atoms with Gasteiger partial charge in [0.1, 0.15) is 5.75 Å². The highest BCUT2D eigenvalue weighted by molar-refractivity contribution is 7.91. The number of methoxy groups -OCH3 is 1. The number of aromatic nitrogens is 1. The molecule has 2 heterocycles. The molecular weight excluding hydrogens is 410 g/mol. The molecule has 0 bridgehead atoms. The van der Waals surface area contributed by atoms with Gasteiger partial charge in [-0.05, 0) is 69.4 Å². The van der Waals surface area contributed by atoms with Crippen LogP contribution < -0.4 is 10.1 Å². The van der Waals surface area contributed by atoms with E-state index in [-0.39, 0.29) is 15.8 Å². The standard InChI is InChI=1S/C21H24ClN3O3S/c1-25-9-7-14(8-10-25)24-20-12-16(4-5-18(20)22)29(26,27)21-13-23-19-6-3-15(28-2)11-17(19)21/h3-6,11-14,23-24H,7-10H2,1-2H3. The number of sulfone groups is 1. The van der Waals surface area contributed by atoms with E-state index in [2.05, 4.69) is 22.2 Å². The Morgan fingerprint density at radius 2 is 1.93 bits per heavy atom. The van der Waals surface area contributed by atoms with Crippen LogP contribution in [0.4, 0.5) is 5.69 Å². The van der Waals surface area contributed by atoms with Crippen molar-refractivity contribution in [2.45, 2.75) is 28.7 Å². The van der Waals surface area contributed by atoms with Crippen molar-refractivity contribution < 1.29 is 13.2 Å². The Balaban J connectivity index is 1.69. The average molecular weight is 434 g/mol. The van der Waals surface area contributed by atoms with Crippen molar-refractivity contribution in [1.29, 1.82) is 0 Å². The van der Waals surface area contributed by atoms with Crippen LogP contribution in [0.15, 0.2) is 52.4 Å². The number of benzene rings is 2. The zero-order valence-electron chi connectivity index (χ0n) is 16.4. The van der Waals surface area contributed by atoms with Crippen LogP contribution in [-0.2, 0) is 9.84 Å². The second-order valence-electron chi connectivity index (χ2n) is 7.43. The van der Waals surface area contributed by atoms with E-state index in [4.69, 9.17) is 16.3 Å². The first-order chi connectivity index (χ1) is 13.9. The zero-order chi connectivity index (χ0) is 20.6. The smallest absolute Gasteiger partial charge is 0.208 e. The fraction of sp³-hybridized carbons (Fsp3) is 0.333. The van der Waals surface area contributed by atoms with E-state index < -0.39 is 9.84 Å². The molecule has 0 spiro atoms. The van der Waals surface area contributed by atoms with Crippen LogP contribution >= 0.6 is 11.6 Å². The van der Waals surface area contributed by atoms with Crippen LogP contribution in [-0.4, -0.2) is 51.6 Å². The summed E-state index contributed by atoms with van der Waals surface area (Å²) in [5.74, 6) is 0.606. The van der Waals surface area contributed by atoms with Gasteiger partial charge in [0, 0.05) is 23.1 Å². The molecule has 1 fully saturated rings. The van der Waals surface area contributed by atoms with Gasteiger partial charge in [0.05, 0.1) is 27.6 Å². The Labute approximate surface area is 175 Å². The number of fused-ring (bicyclic) bond motifs is 1. The van der Waals surface area contributed by atoms with E-state index in [0.717, 1.165) is 31.4 Å². The lowest BCUT2D eigenvalue weighted by Gasteiger charge is -2.30. The lowest BCUT2D eigenvalue weighted by molar-refractivity contribution is 0.264. The summed E-state index contributed by atoms with van der Waals surface area (Å²) in [6.45, 7) is 2.01. The minimum Gasteiger partial charge on any atom is -0.497 e. The van der Waals surface area contributed by atoms with E-state index in [1.807, 2.05) is 6.07 Å². The van der Waals surface area contributed by atoms with Crippen molar-refractivity contribution in [2.24, 2.45) is 0 Å². The van der Waals surface area contributed by atoms with Crippen LogP contribution in [0.25, 0.3) is 10.9 Å². The maximum absolute atomic E-state index is 13.4. The van der Waals surface area contributed by atoms with Crippen LogP contribution in [0.5, 0.6) is 5.75 Å². The number of nitrogens with one attached hydrogen (secondary N) is 2. The number of anilines is 1. The summed E-state index contributed by atoms with van der Waals surface area (Å²) >= 11 is 6.36. The maximum Gasteiger partial charge on any atom is 0.208 e. The Morgan fingerprint density at radius 3 is 2.66 bits per heavy atom. The van der Waals surface area contributed by atoms with E-state index in [0.29, 0.717) is 21.8 Å². The molecule has 0 unspecified atom stereocenters. The van der Waals surface area contributed by atoms with Crippen LogP contribution in [0.2, 0.25) is 5.02 Å². The van der Waals surface area contributed by atoms with Gasteiger partial charge in [-0.15, -0.1) is 0 Å². The Hall–Kier alpha value is -2.22. The second-order valence-corrected chi connectivity index (χ2v) is 9.76. The monoisotopic (exact) mass is 433 g/mol. The minimum absolute atomic E-state index is 0.209. The van der Waals surface area contributed by atoms with Crippen molar-refractivity contribution in [1.82, 2.24) is 9.88 Å². The van der Waals surface area contributed by atoms with E-state index in [1.165, 1.54) is 6.20 Å². The summed E-state index contributed by atoms with van der Waals surface area (Å²) < 4.78 is 32.0. The van der Waals surface area contributed by atoms with Gasteiger partial charge in [-0.3, -0.25) is 0 Å². The van der Waals surface area contributed by atoms with Gasteiger partial charge in [0.2, 0.25) is 9.84 Å². The van der Waals surface area contributed by atoms with Crippen LogP contribution in [0.3, 0.4) is 0 Å². The highest BCUT2D eigenvalue weighted by Gasteiger charge is 2.24. The van der Waals surface area contributed by atoms with Crippen LogP contribution in [0, 0.1) is 0 Å². The van der Waals surface area contributed by atoms with Gasteiger partial charge in [-0.1, -0.05) is 11.6 Å². The first-order valence-electron chi connectivity index (χ1n) is 9.53. The Morgan fingerprint density at radius 1 is 1.17 bits per heavy atom. The molecule has 0 atom stereocenters. The van der Waals surface area contributed by atoms with Gasteiger partial charge in [0.15, 0.2) is 0 Å². The molecule has 2 N–H and O–H groups in total. The third-order valence-corrected chi connectivity index (χ3v) is 7.59. The summed E-state index contributed by atoms with van der Waals surface area (Å²) in [6, 6.07) is 10.4. The van der Waals surface area contributed by atoms with E-state index in [1.54, 1.807) is 37.4 Å². The predicted octanol–water partition coefficient (Wildman–Crippen LogP) is 4.17. The summed E-state index contributed by atoms with van der Waals surface area (Å²) in [6.07, 6.45) is 3.51. The number of hydrogen-bond donors (Lipinski definition) is 2. The number of H-pyrrole nitrogens is 1. The topological polar surface area (TPSA) is 74.4 Å². The highest BCUT2D eigenvalue weighted by Crippen LogP contribution is 2.34. The Bertz CT molecular complexity index is 1140. The summed E-state index contributed by atoms with van der Waals surface area (Å²) in [5, 5.41) is 4.55. The molecule has 154 valence electrons. The van der Waals surface area contributed by atoms with Gasteiger partial charge in [0.25, 0.3) is 0 Å². The molecular formula is C21H24ClN3O3S. The van der Waals surface area contributed by atoms with Gasteiger partial charge < -0.3 is 19.9 Å². The van der Waals surface area contributed by atoms with E-state index >= 15 is 0 Å². The molecule has 0 radical (unpaired) electrons. The number of ether oxygens (including phenoxy) is 1. The van der Waals surface area contributed by atoms with Gasteiger partial charge in [-0.2, -0.15) is 0 Å². The number of likely N-dealkylation sites (tertiary alicyclic amines) is 1. The number of aromatic amines is 1. The molecule has 2 aromatic carbocycles. The van der Waals surface area contributed by atoms with Crippen molar-refractivity contribution in [3.05, 3.63) is 47.6 Å². The number of rotatable bonds is 5. The van der Waals surface area contributed by atoms with Crippen molar-refractivity contribution in [3.63, 3.8) is 0 Å². The summed E-state index contributed by atoms with van der Waals surface area (Å²) in [4.78, 5) is 5.74. The molecule has 0 aliphatic carbocycles. The number of piperidine rings is 1. The summed E-state index contributed by atoms with van der Waals surface area (Å²) in [5.41, 5.74) is 1.39. The van der Waals surface area contributed by atoms with Gasteiger partial charge >= 0.3 is 0 Å². The molecule has 6 nitrogen and oxygen atoms in total. The fourth-order valence-corrected chi connectivity index (χ4v) is 5.32. The Kier molecular flexibility index (Phi) is 5.46. The normalized spacial score (nSPS) is 16.2. The molecule has 4 rings (SSSR count). The molecule has 1 aliphatic rings. The highest BCUT2D eigenvalue weighted by atomic mass is 35.5. The third-order valence-electron chi connectivity index (χ3n) is 5.47. The molecule has 1 saturated heterocycles. The molecule has 29 heavy (non-hydrogen) atoms. The molecule has 0 saturated carbocycles. The third kappa shape index (κ3) is 3.95. The van der Waals surface area contributed by atoms with Crippen molar-refractivity contribution >= 4 is 38.0 Å². The van der Waals surface area contributed by atoms with Crippen molar-refractivity contribution in [2.75, 3.05) is 32.6 Å². The lowest BCUT2D eigenvalue weighted by atomic mass is 10.1. The average Bonchev–Trinajstić information content (AvgIpc) is 3.15. The molecule has 1 aromatic heterocycles. The molecule has 0 amide bonds. The number of halogens is 1.